The van der Waals surface area contributed by atoms with Crippen LogP contribution in [0.4, 0.5) is 24.7 Å². The quantitative estimate of drug-likeness (QED) is 0.347. The Bertz CT molecular complexity index is 1300. The lowest BCUT2D eigenvalue weighted by atomic mass is 10.0. The number of nitrogens with one attached hydrogen (secondary N) is 2. The standard InChI is InChI=1S/C22H16ClF3N4OS/c23-18-19(21(31)28-14-8-3-6-12-5-1-2-7-13(12)14)29-30-17(22(24,25)26)11-15(27-20(18)30)16-9-4-10-32-16/h1-10,15,17,27H,11H2,(H,28,31)/t15-,17-/m1/s1. The predicted molar refractivity (Wildman–Crippen MR) is 120 cm³/mol. The summed E-state index contributed by atoms with van der Waals surface area (Å²) in [5.41, 5.74) is 0.259. The highest BCUT2D eigenvalue weighted by Gasteiger charge is 2.48. The Morgan fingerprint density at radius 2 is 1.94 bits per heavy atom. The molecule has 10 heteroatoms. The second kappa shape index (κ2) is 7.83. The van der Waals surface area contributed by atoms with Crippen LogP contribution in [0, 0.1) is 0 Å². The van der Waals surface area contributed by atoms with Crippen LogP contribution in [0.3, 0.4) is 0 Å². The number of anilines is 2. The summed E-state index contributed by atoms with van der Waals surface area (Å²) >= 11 is 7.75. The molecule has 0 spiro atoms. The molecule has 32 heavy (non-hydrogen) atoms. The van der Waals surface area contributed by atoms with Gasteiger partial charge >= 0.3 is 6.18 Å². The molecule has 0 saturated carbocycles. The van der Waals surface area contributed by atoms with Crippen LogP contribution >= 0.6 is 22.9 Å². The highest BCUT2D eigenvalue weighted by atomic mass is 35.5. The highest BCUT2D eigenvalue weighted by Crippen LogP contribution is 2.46. The summed E-state index contributed by atoms with van der Waals surface area (Å²) in [6, 6.07) is 13.9. The van der Waals surface area contributed by atoms with Crippen LogP contribution in [-0.2, 0) is 0 Å². The van der Waals surface area contributed by atoms with Crippen molar-refractivity contribution in [3.8, 4) is 0 Å². The van der Waals surface area contributed by atoms with Gasteiger partial charge in [0.05, 0.1) is 6.04 Å². The summed E-state index contributed by atoms with van der Waals surface area (Å²) in [4.78, 5) is 13.7. The van der Waals surface area contributed by atoms with Crippen LogP contribution in [0.2, 0.25) is 5.02 Å². The third-order valence-electron chi connectivity index (χ3n) is 5.44. The molecule has 2 atom stereocenters. The largest absolute Gasteiger partial charge is 0.410 e. The monoisotopic (exact) mass is 476 g/mol. The van der Waals surface area contributed by atoms with Gasteiger partial charge in [0, 0.05) is 22.4 Å². The Morgan fingerprint density at radius 1 is 1.16 bits per heavy atom. The van der Waals surface area contributed by atoms with Crippen LogP contribution in [0.1, 0.15) is 33.9 Å². The van der Waals surface area contributed by atoms with E-state index in [-0.39, 0.29) is 23.0 Å². The predicted octanol–water partition coefficient (Wildman–Crippen LogP) is 6.66. The number of fused-ring (bicyclic) bond motifs is 2. The van der Waals surface area contributed by atoms with Crippen molar-refractivity contribution in [2.75, 3.05) is 10.6 Å². The molecule has 4 aromatic rings. The fourth-order valence-corrected chi connectivity index (χ4v) is 4.98. The number of alkyl halides is 3. The molecule has 1 amide bonds. The molecule has 0 unspecified atom stereocenters. The fraction of sp³-hybridized carbons (Fsp3) is 0.182. The highest BCUT2D eigenvalue weighted by molar-refractivity contribution is 7.10. The van der Waals surface area contributed by atoms with Gasteiger partial charge in [-0.1, -0.05) is 54.1 Å². The van der Waals surface area contributed by atoms with Crippen molar-refractivity contribution in [2.45, 2.75) is 24.7 Å². The summed E-state index contributed by atoms with van der Waals surface area (Å²) in [5.74, 6) is -0.689. The maximum absolute atomic E-state index is 13.9. The molecule has 0 bridgehead atoms. The maximum Gasteiger partial charge on any atom is 0.410 e. The fourth-order valence-electron chi connectivity index (χ4n) is 3.93. The van der Waals surface area contributed by atoms with E-state index in [1.54, 1.807) is 29.6 Å². The minimum absolute atomic E-state index is 0.0123. The van der Waals surface area contributed by atoms with Gasteiger partial charge < -0.3 is 10.6 Å². The van der Waals surface area contributed by atoms with Crippen molar-refractivity contribution < 1.29 is 18.0 Å². The van der Waals surface area contributed by atoms with E-state index in [0.717, 1.165) is 20.3 Å². The molecule has 2 N–H and O–H groups in total. The summed E-state index contributed by atoms with van der Waals surface area (Å²) < 4.78 is 42.4. The second-order valence-corrected chi connectivity index (χ2v) is 8.80. The first-order valence-electron chi connectivity index (χ1n) is 9.76. The van der Waals surface area contributed by atoms with E-state index in [9.17, 15) is 18.0 Å². The third kappa shape index (κ3) is 3.61. The van der Waals surface area contributed by atoms with E-state index in [1.165, 1.54) is 11.3 Å². The molecule has 1 aliphatic heterocycles. The molecule has 0 aliphatic carbocycles. The molecule has 3 heterocycles. The summed E-state index contributed by atoms with van der Waals surface area (Å²) in [6.07, 6.45) is -4.80. The van der Waals surface area contributed by atoms with Gasteiger partial charge in [0.15, 0.2) is 11.7 Å². The molecule has 1 aliphatic rings. The number of hydrogen-bond acceptors (Lipinski definition) is 4. The van der Waals surface area contributed by atoms with E-state index >= 15 is 0 Å². The molecule has 164 valence electrons. The molecular weight excluding hydrogens is 461 g/mol. The van der Waals surface area contributed by atoms with Gasteiger partial charge in [-0.2, -0.15) is 18.3 Å². The Morgan fingerprint density at radius 3 is 2.69 bits per heavy atom. The summed E-state index contributed by atoms with van der Waals surface area (Å²) in [6.45, 7) is 0. The number of amides is 1. The van der Waals surface area contributed by atoms with Crippen molar-refractivity contribution in [3.63, 3.8) is 0 Å². The molecule has 0 saturated heterocycles. The van der Waals surface area contributed by atoms with Crippen LogP contribution < -0.4 is 10.6 Å². The normalized spacial score (nSPS) is 18.2. The van der Waals surface area contributed by atoms with Crippen molar-refractivity contribution in [1.29, 1.82) is 0 Å². The summed E-state index contributed by atoms with van der Waals surface area (Å²) in [7, 11) is 0. The zero-order chi connectivity index (χ0) is 22.5. The van der Waals surface area contributed by atoms with Crippen molar-refractivity contribution >= 4 is 51.1 Å². The molecule has 2 aromatic heterocycles. The number of aromatic nitrogens is 2. The average molecular weight is 477 g/mol. The van der Waals surface area contributed by atoms with Gasteiger partial charge in [0.1, 0.15) is 10.8 Å². The number of nitrogens with zero attached hydrogens (tertiary/aromatic N) is 2. The summed E-state index contributed by atoms with van der Waals surface area (Å²) in [5, 5.41) is 13.1. The molecular formula is C22H16ClF3N4OS. The number of benzene rings is 2. The van der Waals surface area contributed by atoms with E-state index in [2.05, 4.69) is 15.7 Å². The number of carbonyl (C=O) groups is 1. The molecule has 2 aromatic carbocycles. The lowest BCUT2D eigenvalue weighted by molar-refractivity contribution is -0.173. The van der Waals surface area contributed by atoms with Gasteiger partial charge in [0.25, 0.3) is 5.91 Å². The lowest BCUT2D eigenvalue weighted by Crippen LogP contribution is -2.35. The van der Waals surface area contributed by atoms with E-state index in [4.69, 9.17) is 11.6 Å². The SMILES string of the molecule is O=C(Nc1cccc2ccccc12)c1nn2c(c1Cl)N[C@@H](c1cccs1)C[C@@H]2C(F)(F)F. The number of hydrogen-bond donors (Lipinski definition) is 2. The molecule has 5 rings (SSSR count). The number of thiophene rings is 1. The van der Waals surface area contributed by atoms with E-state index < -0.39 is 24.2 Å². The Labute approximate surface area is 189 Å². The zero-order valence-electron chi connectivity index (χ0n) is 16.4. The third-order valence-corrected chi connectivity index (χ3v) is 6.78. The smallest absolute Gasteiger partial charge is 0.361 e. The van der Waals surface area contributed by atoms with Gasteiger partial charge in [-0.25, -0.2) is 4.68 Å². The number of carbonyl (C=O) groups excluding carboxylic acids is 1. The van der Waals surface area contributed by atoms with Gasteiger partial charge in [-0.15, -0.1) is 11.3 Å². The van der Waals surface area contributed by atoms with Crippen LogP contribution in [0.15, 0.2) is 60.0 Å². The number of rotatable bonds is 3. The topological polar surface area (TPSA) is 59.0 Å². The Balaban J connectivity index is 1.52. The second-order valence-electron chi connectivity index (χ2n) is 7.44. The zero-order valence-corrected chi connectivity index (χ0v) is 17.9. The first kappa shape index (κ1) is 20.8. The molecule has 5 nitrogen and oxygen atoms in total. The van der Waals surface area contributed by atoms with Gasteiger partial charge in [-0.3, -0.25) is 4.79 Å². The van der Waals surface area contributed by atoms with Gasteiger partial charge in [0.2, 0.25) is 0 Å². The minimum Gasteiger partial charge on any atom is -0.361 e. The van der Waals surface area contributed by atoms with E-state index in [0.29, 0.717) is 5.69 Å². The first-order chi connectivity index (χ1) is 15.3. The first-order valence-corrected chi connectivity index (χ1v) is 11.0. The van der Waals surface area contributed by atoms with Gasteiger partial charge in [-0.05, 0) is 22.9 Å². The average Bonchev–Trinajstić information content (AvgIpc) is 3.41. The van der Waals surface area contributed by atoms with Crippen molar-refractivity contribution in [2.24, 2.45) is 0 Å². The number of halogens is 4. The maximum atomic E-state index is 13.9. The van der Waals surface area contributed by atoms with Crippen LogP contribution in [0.25, 0.3) is 10.8 Å². The van der Waals surface area contributed by atoms with E-state index in [1.807, 2.05) is 30.3 Å². The molecule has 0 radical (unpaired) electrons. The Hall–Kier alpha value is -3.04. The van der Waals surface area contributed by atoms with Crippen LogP contribution in [0.5, 0.6) is 0 Å². The Kier molecular flexibility index (Phi) is 5.10. The lowest BCUT2D eigenvalue weighted by Gasteiger charge is -2.32. The molecule has 0 fully saturated rings. The van der Waals surface area contributed by atoms with Crippen molar-refractivity contribution in [1.82, 2.24) is 9.78 Å². The minimum atomic E-state index is -4.55. The van der Waals surface area contributed by atoms with Crippen molar-refractivity contribution in [3.05, 3.63) is 75.6 Å². The van der Waals surface area contributed by atoms with Crippen LogP contribution in [-0.4, -0.2) is 21.9 Å².